The molecule has 1 aromatic carbocycles. The van der Waals surface area contributed by atoms with Gasteiger partial charge in [0.1, 0.15) is 0 Å². The third-order valence-corrected chi connectivity index (χ3v) is 7.98. The molecule has 1 aliphatic rings. The number of methoxy groups -OCH3 is 1. The number of carbonyl (C=O) groups is 2. The molecule has 0 bridgehead atoms. The number of carbonyl (C=O) groups excluding carboxylic acids is 2. The van der Waals surface area contributed by atoms with Crippen molar-refractivity contribution in [2.24, 2.45) is 28.7 Å². The first-order valence-corrected chi connectivity index (χ1v) is 14.4. The van der Waals surface area contributed by atoms with Gasteiger partial charge in [-0.1, -0.05) is 26.0 Å². The van der Waals surface area contributed by atoms with Crippen LogP contribution in [0.5, 0.6) is 0 Å². The number of primary amides is 1. The molecule has 2 rings (SSSR count). The number of aliphatic hydroxyl groups excluding tert-OH is 1. The lowest BCUT2D eigenvalue weighted by atomic mass is 9.86. The Labute approximate surface area is 235 Å². The van der Waals surface area contributed by atoms with Crippen LogP contribution in [0.1, 0.15) is 65.5 Å². The monoisotopic (exact) mass is 547 g/mol. The summed E-state index contributed by atoms with van der Waals surface area (Å²) in [5, 5.41) is 13.9. The largest absolute Gasteiger partial charge is 0.391 e. The Kier molecular flexibility index (Phi) is 12.7. The van der Waals surface area contributed by atoms with E-state index in [1.165, 1.54) is 16.8 Å². The molecule has 3 atom stereocenters. The number of nitrogens with one attached hydrogen (secondary N) is 1. The maximum absolute atomic E-state index is 12.9. The summed E-state index contributed by atoms with van der Waals surface area (Å²) in [5.41, 5.74) is 15.0. The Bertz CT molecular complexity index is 936. The number of nitrogens with zero attached hydrogens (tertiary/aromatic N) is 2. The van der Waals surface area contributed by atoms with Crippen molar-refractivity contribution in [3.63, 3.8) is 0 Å². The van der Waals surface area contributed by atoms with Crippen LogP contribution >= 0.6 is 0 Å². The third kappa shape index (κ3) is 9.74. The van der Waals surface area contributed by atoms with Crippen molar-refractivity contribution in [1.29, 1.82) is 0 Å². The molecule has 2 amide bonds. The summed E-state index contributed by atoms with van der Waals surface area (Å²) in [7, 11) is 1.74. The molecule has 0 spiro atoms. The molecule has 1 aromatic rings. The van der Waals surface area contributed by atoms with Crippen LogP contribution in [0.25, 0.3) is 0 Å². The lowest BCUT2D eigenvalue weighted by Crippen LogP contribution is -2.49. The van der Waals surface area contributed by atoms with E-state index in [1.807, 2.05) is 13.8 Å². The molecule has 1 aliphatic heterocycles. The zero-order valence-electron chi connectivity index (χ0n) is 25.2. The van der Waals surface area contributed by atoms with Crippen LogP contribution in [0, 0.1) is 17.3 Å². The maximum atomic E-state index is 12.9. The third-order valence-electron chi connectivity index (χ3n) is 7.98. The zero-order chi connectivity index (χ0) is 29.3. The Morgan fingerprint density at radius 2 is 1.92 bits per heavy atom. The van der Waals surface area contributed by atoms with Crippen molar-refractivity contribution >= 4 is 17.5 Å². The highest BCUT2D eigenvalue weighted by Crippen LogP contribution is 2.30. The van der Waals surface area contributed by atoms with Gasteiger partial charge >= 0.3 is 0 Å². The fourth-order valence-electron chi connectivity index (χ4n) is 4.95. The quantitative estimate of drug-likeness (QED) is 0.220. The van der Waals surface area contributed by atoms with Gasteiger partial charge in [0.25, 0.3) is 0 Å². The van der Waals surface area contributed by atoms with Gasteiger partial charge in [-0.25, -0.2) is 0 Å². The first kappa shape index (κ1) is 33.0. The number of fused-ring (bicyclic) bond motifs is 1. The molecule has 9 nitrogen and oxygen atoms in total. The van der Waals surface area contributed by atoms with Crippen LogP contribution in [-0.4, -0.2) is 79.9 Å². The molecular formula is C30H53N5O4. The lowest BCUT2D eigenvalue weighted by molar-refractivity contribution is -0.130. The van der Waals surface area contributed by atoms with Crippen LogP contribution in [0.4, 0.5) is 5.69 Å². The second-order valence-corrected chi connectivity index (χ2v) is 12.4. The van der Waals surface area contributed by atoms with Gasteiger partial charge < -0.3 is 31.5 Å². The average molecular weight is 548 g/mol. The number of ether oxygens (including phenoxy) is 1. The van der Waals surface area contributed by atoms with Crippen LogP contribution in [0.3, 0.4) is 0 Å². The van der Waals surface area contributed by atoms with Gasteiger partial charge in [-0.2, -0.15) is 0 Å². The van der Waals surface area contributed by atoms with Crippen LogP contribution in [0.15, 0.2) is 18.2 Å². The SMILES string of the molecule is COCCCN1CCc2ccc(CN(C[C@H](N)[C@@H](O)C[C@H](C(=O)NCC(C)(C)C(N)=O)C(C)C)C(C)C)cc21. The van der Waals surface area contributed by atoms with Crippen molar-refractivity contribution in [2.75, 3.05) is 44.8 Å². The molecule has 0 unspecified atom stereocenters. The molecule has 0 radical (unpaired) electrons. The molecule has 9 heteroatoms. The normalized spacial score (nSPS) is 16.1. The van der Waals surface area contributed by atoms with Gasteiger partial charge in [0.05, 0.1) is 11.5 Å². The minimum atomic E-state index is -0.845. The van der Waals surface area contributed by atoms with Crippen molar-refractivity contribution in [1.82, 2.24) is 10.2 Å². The number of anilines is 1. The van der Waals surface area contributed by atoms with Gasteiger partial charge in [0, 0.05) is 70.1 Å². The van der Waals surface area contributed by atoms with Crippen molar-refractivity contribution in [3.8, 4) is 0 Å². The highest BCUT2D eigenvalue weighted by atomic mass is 16.5. The van der Waals surface area contributed by atoms with E-state index < -0.39 is 29.4 Å². The van der Waals surface area contributed by atoms with E-state index in [1.54, 1.807) is 21.0 Å². The van der Waals surface area contributed by atoms with Gasteiger partial charge in [0.15, 0.2) is 0 Å². The Morgan fingerprint density at radius 3 is 2.51 bits per heavy atom. The summed E-state index contributed by atoms with van der Waals surface area (Å²) in [6.07, 6.45) is 1.48. The zero-order valence-corrected chi connectivity index (χ0v) is 25.2. The number of nitrogens with two attached hydrogens (primary N) is 2. The van der Waals surface area contributed by atoms with E-state index >= 15 is 0 Å². The van der Waals surface area contributed by atoms with E-state index in [2.05, 4.69) is 47.2 Å². The predicted molar refractivity (Wildman–Crippen MR) is 157 cm³/mol. The molecule has 6 N–H and O–H groups in total. The van der Waals surface area contributed by atoms with Crippen LogP contribution < -0.4 is 21.7 Å². The minimum absolute atomic E-state index is 0.00277. The fraction of sp³-hybridized carbons (Fsp3) is 0.733. The predicted octanol–water partition coefficient (Wildman–Crippen LogP) is 2.27. The molecule has 222 valence electrons. The highest BCUT2D eigenvalue weighted by molar-refractivity contribution is 5.83. The minimum Gasteiger partial charge on any atom is -0.391 e. The first-order valence-electron chi connectivity index (χ1n) is 14.4. The van der Waals surface area contributed by atoms with Crippen molar-refractivity contribution in [3.05, 3.63) is 29.3 Å². The molecule has 1 heterocycles. The molecule has 0 aliphatic carbocycles. The summed E-state index contributed by atoms with van der Waals surface area (Å²) in [6, 6.07) is 6.44. The standard InChI is InChI=1S/C30H53N5O4/c1-20(2)24(28(37)33-19-30(5,6)29(32)38)16-27(36)25(31)18-35(21(3)4)17-22-9-10-23-11-13-34(26(23)15-22)12-8-14-39-7/h9-10,15,20-21,24-25,27,36H,8,11-14,16-19,31H2,1-7H3,(H2,32,38)(H,33,37)/t24-,25-,27-/m0/s1. The molecular weight excluding hydrogens is 494 g/mol. The van der Waals surface area contributed by atoms with E-state index in [0.29, 0.717) is 6.54 Å². The lowest BCUT2D eigenvalue weighted by Gasteiger charge is -2.33. The van der Waals surface area contributed by atoms with Crippen LogP contribution in [0.2, 0.25) is 0 Å². The van der Waals surface area contributed by atoms with E-state index in [9.17, 15) is 14.7 Å². The number of hydrogen-bond acceptors (Lipinski definition) is 7. The second-order valence-electron chi connectivity index (χ2n) is 12.4. The number of amides is 2. The van der Waals surface area contributed by atoms with E-state index in [4.69, 9.17) is 16.2 Å². The average Bonchev–Trinajstić information content (AvgIpc) is 3.27. The van der Waals surface area contributed by atoms with Crippen LogP contribution in [-0.2, 0) is 27.3 Å². The van der Waals surface area contributed by atoms with E-state index in [-0.39, 0.29) is 30.8 Å². The van der Waals surface area contributed by atoms with Gasteiger partial charge in [-0.3, -0.25) is 14.5 Å². The molecule has 0 aromatic heterocycles. The Hall–Kier alpha value is -2.20. The molecule has 39 heavy (non-hydrogen) atoms. The maximum Gasteiger partial charge on any atom is 0.224 e. The van der Waals surface area contributed by atoms with E-state index in [0.717, 1.165) is 39.1 Å². The molecule has 0 saturated heterocycles. The molecule has 0 fully saturated rings. The summed E-state index contributed by atoms with van der Waals surface area (Å²) in [5.74, 6) is -1.09. The first-order chi connectivity index (χ1) is 18.3. The molecule has 0 saturated carbocycles. The number of aliphatic hydroxyl groups is 1. The fourth-order valence-corrected chi connectivity index (χ4v) is 4.95. The Balaban J connectivity index is 2.02. The number of rotatable bonds is 17. The summed E-state index contributed by atoms with van der Waals surface area (Å²) in [6.45, 7) is 15.7. The summed E-state index contributed by atoms with van der Waals surface area (Å²) >= 11 is 0. The van der Waals surface area contributed by atoms with Gasteiger partial charge in [0.2, 0.25) is 11.8 Å². The van der Waals surface area contributed by atoms with Crippen molar-refractivity contribution in [2.45, 2.75) is 85.5 Å². The summed E-state index contributed by atoms with van der Waals surface area (Å²) < 4.78 is 5.23. The number of benzene rings is 1. The van der Waals surface area contributed by atoms with Gasteiger partial charge in [-0.05, 0) is 70.1 Å². The summed E-state index contributed by atoms with van der Waals surface area (Å²) in [4.78, 5) is 29.3. The van der Waals surface area contributed by atoms with Crippen molar-refractivity contribution < 1.29 is 19.4 Å². The number of hydrogen-bond donors (Lipinski definition) is 4. The second kappa shape index (κ2) is 15.0. The topological polar surface area (TPSA) is 134 Å². The van der Waals surface area contributed by atoms with Gasteiger partial charge in [-0.15, -0.1) is 0 Å². The highest BCUT2D eigenvalue weighted by Gasteiger charge is 2.32. The Morgan fingerprint density at radius 1 is 1.23 bits per heavy atom. The smallest absolute Gasteiger partial charge is 0.224 e.